The fraction of sp³-hybridized carbons (Fsp3) is 0.455. The third-order valence-corrected chi connectivity index (χ3v) is 4.42. The highest BCUT2D eigenvalue weighted by Crippen LogP contribution is 2.21. The van der Waals surface area contributed by atoms with Crippen molar-refractivity contribution in [2.45, 2.75) is 58.2 Å². The summed E-state index contributed by atoms with van der Waals surface area (Å²) in [5.74, 6) is -5.58. The van der Waals surface area contributed by atoms with E-state index < -0.39 is 54.3 Å². The topological polar surface area (TPSA) is 143 Å². The van der Waals surface area contributed by atoms with Crippen molar-refractivity contribution >= 4 is 35.7 Å². The summed E-state index contributed by atoms with van der Waals surface area (Å²) >= 11 is 0. The van der Waals surface area contributed by atoms with E-state index in [1.54, 1.807) is 30.3 Å². The Morgan fingerprint density at radius 3 is 2.18 bits per heavy atom. The van der Waals surface area contributed by atoms with Crippen molar-refractivity contribution in [1.29, 1.82) is 0 Å². The van der Waals surface area contributed by atoms with Crippen LogP contribution in [0.25, 0.3) is 0 Å². The highest BCUT2D eigenvalue weighted by molar-refractivity contribution is 6.02. The molecule has 1 saturated heterocycles. The van der Waals surface area contributed by atoms with Crippen molar-refractivity contribution in [3.05, 3.63) is 35.9 Å². The molecule has 0 radical (unpaired) electrons. The normalized spacial score (nSPS) is 14.9. The number of hydrogen-bond donors (Lipinski definition) is 0. The van der Waals surface area contributed by atoms with E-state index in [1.807, 2.05) is 6.92 Å². The van der Waals surface area contributed by atoms with Crippen LogP contribution in [0.3, 0.4) is 0 Å². The van der Waals surface area contributed by atoms with Gasteiger partial charge in [0, 0.05) is 25.3 Å². The van der Waals surface area contributed by atoms with Crippen LogP contribution in [0.15, 0.2) is 30.3 Å². The Balaban J connectivity index is 2.10. The fourth-order valence-electron chi connectivity index (χ4n) is 2.78. The van der Waals surface area contributed by atoms with Gasteiger partial charge in [0.15, 0.2) is 0 Å². The van der Waals surface area contributed by atoms with E-state index in [9.17, 15) is 28.8 Å². The summed E-state index contributed by atoms with van der Waals surface area (Å²) in [5.41, 5.74) is 0.340. The zero-order valence-corrected chi connectivity index (χ0v) is 18.3. The molecule has 2 atom stereocenters. The van der Waals surface area contributed by atoms with Crippen LogP contribution in [0.5, 0.6) is 0 Å². The van der Waals surface area contributed by atoms with Crippen molar-refractivity contribution in [2.24, 2.45) is 0 Å². The summed E-state index contributed by atoms with van der Waals surface area (Å²) in [6, 6.07) is 8.10. The first-order valence-electron chi connectivity index (χ1n) is 10.4. The molecule has 1 aromatic carbocycles. The summed E-state index contributed by atoms with van der Waals surface area (Å²) in [4.78, 5) is 76.8. The molecular weight excluding hydrogens is 438 g/mol. The highest BCUT2D eigenvalue weighted by Gasteiger charge is 2.37. The van der Waals surface area contributed by atoms with Gasteiger partial charge in [-0.25, -0.2) is 9.59 Å². The second kappa shape index (κ2) is 12.3. The number of ether oxygens (including phenoxy) is 3. The molecule has 2 amide bonds. The number of esters is 3. The summed E-state index contributed by atoms with van der Waals surface area (Å²) in [5, 5.41) is 0.266. The third kappa shape index (κ3) is 7.70. The van der Waals surface area contributed by atoms with E-state index in [0.717, 1.165) is 13.3 Å². The maximum atomic E-state index is 12.5. The van der Waals surface area contributed by atoms with Gasteiger partial charge in [0.25, 0.3) is 11.8 Å². The molecular formula is C22H25NO10. The quantitative estimate of drug-likeness (QED) is 0.205. The minimum Gasteiger partial charge on any atom is -0.463 e. The molecule has 0 spiro atoms. The number of hydroxylamine groups is 2. The molecule has 1 aromatic rings. The summed E-state index contributed by atoms with van der Waals surface area (Å²) in [7, 11) is 0. The van der Waals surface area contributed by atoms with Gasteiger partial charge >= 0.3 is 23.9 Å². The molecule has 1 fully saturated rings. The first kappa shape index (κ1) is 25.5. The van der Waals surface area contributed by atoms with Gasteiger partial charge < -0.3 is 19.0 Å². The van der Waals surface area contributed by atoms with Crippen molar-refractivity contribution < 1.29 is 47.8 Å². The number of hydrogen-bond acceptors (Lipinski definition) is 10. The van der Waals surface area contributed by atoms with E-state index in [-0.39, 0.29) is 24.5 Å². The van der Waals surface area contributed by atoms with Crippen LogP contribution >= 0.6 is 0 Å². The standard InChI is InChI=1S/C22H25NO10/c1-3-4-12-30-22(29)20(15-8-6-5-7-9-15)32-19(27)13-16(31-14(2)24)21(28)33-23-17(25)10-11-18(23)26/h5-9,16,20H,3-4,10-13H2,1-2H3/t16-,20-/m0/s1. The van der Waals surface area contributed by atoms with Crippen LogP contribution in [-0.4, -0.2) is 53.5 Å². The minimum atomic E-state index is -1.80. The fourth-order valence-corrected chi connectivity index (χ4v) is 2.78. The third-order valence-electron chi connectivity index (χ3n) is 4.42. The Kier molecular flexibility index (Phi) is 9.52. The maximum absolute atomic E-state index is 12.5. The van der Waals surface area contributed by atoms with Gasteiger partial charge in [0.2, 0.25) is 12.2 Å². The second-order valence-corrected chi connectivity index (χ2v) is 7.10. The van der Waals surface area contributed by atoms with Gasteiger partial charge in [-0.2, -0.15) is 0 Å². The number of nitrogens with zero attached hydrogens (tertiary/aromatic N) is 1. The number of benzene rings is 1. The Bertz CT molecular complexity index is 882. The summed E-state index contributed by atoms with van der Waals surface area (Å²) in [6.45, 7) is 3.05. The van der Waals surface area contributed by atoms with Gasteiger partial charge in [-0.3, -0.25) is 19.2 Å². The van der Waals surface area contributed by atoms with Crippen LogP contribution in [0.1, 0.15) is 57.6 Å². The summed E-state index contributed by atoms with van der Waals surface area (Å²) in [6.07, 6.45) is -2.89. The zero-order valence-electron chi connectivity index (χ0n) is 18.3. The largest absolute Gasteiger partial charge is 0.463 e. The lowest BCUT2D eigenvalue weighted by Crippen LogP contribution is -2.39. The SMILES string of the molecule is CCCCOC(=O)[C@@H](OC(=O)C[C@H](OC(C)=O)C(=O)ON1C(=O)CCC1=O)c1ccccc1. The van der Waals surface area contributed by atoms with Crippen LogP contribution in [-0.2, 0) is 47.8 Å². The van der Waals surface area contributed by atoms with Gasteiger partial charge in [0.05, 0.1) is 13.0 Å². The molecule has 11 nitrogen and oxygen atoms in total. The molecule has 2 rings (SSSR count). The molecule has 1 heterocycles. The smallest absolute Gasteiger partial charge is 0.374 e. The van der Waals surface area contributed by atoms with Crippen molar-refractivity contribution in [3.63, 3.8) is 0 Å². The maximum Gasteiger partial charge on any atom is 0.374 e. The average molecular weight is 463 g/mol. The molecule has 0 aromatic heterocycles. The zero-order chi connectivity index (χ0) is 24.4. The van der Waals surface area contributed by atoms with Crippen molar-refractivity contribution in [3.8, 4) is 0 Å². The molecule has 1 aliphatic heterocycles. The summed E-state index contributed by atoms with van der Waals surface area (Å²) < 4.78 is 15.2. The number of unbranched alkanes of at least 4 members (excludes halogenated alkanes) is 1. The number of rotatable bonds is 11. The van der Waals surface area contributed by atoms with Crippen LogP contribution in [0, 0.1) is 0 Å². The Morgan fingerprint density at radius 2 is 1.61 bits per heavy atom. The molecule has 11 heteroatoms. The number of carbonyl (C=O) groups is 6. The molecule has 1 aliphatic rings. The molecule has 33 heavy (non-hydrogen) atoms. The van der Waals surface area contributed by atoms with Crippen molar-refractivity contribution in [1.82, 2.24) is 5.06 Å². The molecule has 0 aliphatic carbocycles. The first-order chi connectivity index (χ1) is 15.7. The number of carbonyl (C=O) groups excluding carboxylic acids is 6. The molecule has 178 valence electrons. The minimum absolute atomic E-state index is 0.134. The monoisotopic (exact) mass is 463 g/mol. The molecule has 0 N–H and O–H groups in total. The van der Waals surface area contributed by atoms with E-state index >= 15 is 0 Å². The van der Waals surface area contributed by atoms with Crippen molar-refractivity contribution in [2.75, 3.05) is 6.61 Å². The highest BCUT2D eigenvalue weighted by atomic mass is 16.7. The second-order valence-electron chi connectivity index (χ2n) is 7.10. The Hall–Kier alpha value is -3.76. The lowest BCUT2D eigenvalue weighted by atomic mass is 10.1. The van der Waals surface area contributed by atoms with E-state index in [0.29, 0.717) is 12.0 Å². The lowest BCUT2D eigenvalue weighted by Gasteiger charge is -2.20. The number of imide groups is 1. The van der Waals surface area contributed by atoms with Crippen LogP contribution in [0.2, 0.25) is 0 Å². The van der Waals surface area contributed by atoms with Crippen LogP contribution < -0.4 is 0 Å². The lowest BCUT2D eigenvalue weighted by molar-refractivity contribution is -0.206. The van der Waals surface area contributed by atoms with Gasteiger partial charge in [0.1, 0.15) is 0 Å². The van der Waals surface area contributed by atoms with Gasteiger partial charge in [-0.1, -0.05) is 43.7 Å². The predicted octanol–water partition coefficient (Wildman–Crippen LogP) is 1.54. The Labute approximate surface area is 189 Å². The van der Waals surface area contributed by atoms with E-state index in [1.165, 1.54) is 0 Å². The molecule has 0 bridgehead atoms. The first-order valence-corrected chi connectivity index (χ1v) is 10.4. The van der Waals surface area contributed by atoms with E-state index in [2.05, 4.69) is 0 Å². The van der Waals surface area contributed by atoms with E-state index in [4.69, 9.17) is 19.0 Å². The molecule has 0 saturated carbocycles. The predicted molar refractivity (Wildman–Crippen MR) is 108 cm³/mol. The Morgan fingerprint density at radius 1 is 0.970 bits per heavy atom. The average Bonchev–Trinajstić information content (AvgIpc) is 3.09. The van der Waals surface area contributed by atoms with Gasteiger partial charge in [-0.15, -0.1) is 5.06 Å². The van der Waals surface area contributed by atoms with Crippen LogP contribution in [0.4, 0.5) is 0 Å². The number of amides is 2. The molecule has 0 unspecified atom stereocenters. The van der Waals surface area contributed by atoms with Gasteiger partial charge in [-0.05, 0) is 6.42 Å².